The highest BCUT2D eigenvalue weighted by Crippen LogP contribution is 2.26. The Labute approximate surface area is 161 Å². The number of ether oxygens (including phenoxy) is 3. The van der Waals surface area contributed by atoms with Gasteiger partial charge in [-0.1, -0.05) is 0 Å². The van der Waals surface area contributed by atoms with E-state index in [2.05, 4.69) is 9.97 Å². The summed E-state index contributed by atoms with van der Waals surface area (Å²) in [6.45, 7) is 1.68. The summed E-state index contributed by atoms with van der Waals surface area (Å²) in [6, 6.07) is -0.0857. The van der Waals surface area contributed by atoms with E-state index in [1.54, 1.807) is 6.92 Å². The Morgan fingerprint density at radius 1 is 1.25 bits per heavy atom. The van der Waals surface area contributed by atoms with Gasteiger partial charge in [-0.2, -0.15) is 22.8 Å². The molecule has 0 aliphatic carbocycles. The second-order valence-electron chi connectivity index (χ2n) is 5.33. The highest BCUT2D eigenvalue weighted by molar-refractivity contribution is 7.91. The highest BCUT2D eigenvalue weighted by Gasteiger charge is 2.40. The molecule has 28 heavy (non-hydrogen) atoms. The fraction of sp³-hybridized carbons (Fsp3) is 0.429. The smallest absolute Gasteiger partial charge is 0.350 e. The molecule has 2 amide bonds. The summed E-state index contributed by atoms with van der Waals surface area (Å²) in [7, 11) is -0.663. The molecule has 2 N–H and O–H groups in total. The van der Waals surface area contributed by atoms with E-state index in [1.807, 2.05) is 0 Å². The van der Waals surface area contributed by atoms with Crippen molar-refractivity contribution < 1.29 is 32.2 Å². The summed E-state index contributed by atoms with van der Waals surface area (Å²) >= 11 is 0. The lowest BCUT2D eigenvalue weighted by Gasteiger charge is -2.28. The van der Waals surface area contributed by atoms with E-state index in [0.717, 1.165) is 6.20 Å². The van der Waals surface area contributed by atoms with E-state index in [-0.39, 0.29) is 34.8 Å². The zero-order chi connectivity index (χ0) is 21.1. The maximum Gasteiger partial charge on any atom is 0.350 e. The lowest BCUT2D eigenvalue weighted by atomic mass is 10.3. The van der Waals surface area contributed by atoms with Crippen LogP contribution in [0.15, 0.2) is 17.8 Å². The largest absolute Gasteiger partial charge is 0.481 e. The van der Waals surface area contributed by atoms with Crippen molar-refractivity contribution in [2.75, 3.05) is 38.7 Å². The Morgan fingerprint density at radius 2 is 1.82 bits per heavy atom. The number of likely N-dealkylation sites (N-methyl/N-ethyl adjacent to an activating group) is 1. The van der Waals surface area contributed by atoms with Crippen molar-refractivity contribution in [3.05, 3.63) is 17.8 Å². The molecule has 0 radical (unpaired) electrons. The summed E-state index contributed by atoms with van der Waals surface area (Å²) in [5.41, 5.74) is 5.35. The number of methoxy groups -OCH3 is 2. The van der Waals surface area contributed by atoms with Crippen LogP contribution < -0.4 is 19.5 Å². The number of aromatic nitrogens is 2. The van der Waals surface area contributed by atoms with Crippen LogP contribution in [0.1, 0.15) is 6.92 Å². The van der Waals surface area contributed by atoms with Crippen molar-refractivity contribution in [3.8, 4) is 11.8 Å². The normalized spacial score (nSPS) is 14.4. The van der Waals surface area contributed by atoms with E-state index >= 15 is 0 Å². The van der Waals surface area contributed by atoms with Gasteiger partial charge in [0.25, 0.3) is 5.95 Å². The average Bonchev–Trinajstić information content (AvgIpc) is 3.03. The van der Waals surface area contributed by atoms with Crippen LogP contribution in [0.5, 0.6) is 11.8 Å². The number of nitrogens with zero attached hydrogens (tertiary/aromatic N) is 5. The van der Waals surface area contributed by atoms with Crippen molar-refractivity contribution >= 4 is 28.2 Å². The van der Waals surface area contributed by atoms with Gasteiger partial charge in [-0.25, -0.2) is 14.6 Å². The number of hydrogen-bond acceptors (Lipinski definition) is 10. The van der Waals surface area contributed by atoms with Gasteiger partial charge in [0.1, 0.15) is 0 Å². The molecule has 154 valence electrons. The van der Waals surface area contributed by atoms with Crippen LogP contribution in [0.2, 0.25) is 0 Å². The highest BCUT2D eigenvalue weighted by atomic mass is 32.2. The number of hydrazine groups is 1. The first-order valence-electron chi connectivity index (χ1n) is 7.85. The number of rotatable bonds is 7. The van der Waals surface area contributed by atoms with E-state index in [4.69, 9.17) is 19.9 Å². The second kappa shape index (κ2) is 8.26. The van der Waals surface area contributed by atoms with Crippen molar-refractivity contribution in [1.29, 1.82) is 0 Å². The zero-order valence-electron chi connectivity index (χ0n) is 15.6. The second-order valence-corrected chi connectivity index (χ2v) is 6.96. The minimum Gasteiger partial charge on any atom is -0.481 e. The molecule has 0 spiro atoms. The first-order valence-corrected chi connectivity index (χ1v) is 9.25. The molecule has 0 atom stereocenters. The predicted octanol–water partition coefficient (Wildman–Crippen LogP) is -0.767. The van der Waals surface area contributed by atoms with E-state index in [9.17, 15) is 18.0 Å². The van der Waals surface area contributed by atoms with Gasteiger partial charge in [0, 0.05) is 13.2 Å². The molecule has 0 saturated carbocycles. The Hall–Kier alpha value is -3.13. The predicted molar refractivity (Wildman–Crippen MR) is 95.3 cm³/mol. The number of anilines is 1. The van der Waals surface area contributed by atoms with Crippen LogP contribution in [0, 0.1) is 0 Å². The van der Waals surface area contributed by atoms with Gasteiger partial charge in [0.15, 0.2) is 0 Å². The van der Waals surface area contributed by atoms with Crippen LogP contribution in [-0.4, -0.2) is 74.2 Å². The molecule has 0 saturated heterocycles. The van der Waals surface area contributed by atoms with Crippen LogP contribution in [-0.2, 0) is 19.7 Å². The fourth-order valence-corrected chi connectivity index (χ4v) is 3.62. The molecule has 2 heterocycles. The summed E-state index contributed by atoms with van der Waals surface area (Å²) in [6.07, 6.45) is 1.03. The Kier molecular flexibility index (Phi) is 6.25. The Balaban J connectivity index is 2.51. The van der Waals surface area contributed by atoms with Gasteiger partial charge in [-0.15, -0.1) is 4.31 Å². The Morgan fingerprint density at radius 3 is 2.29 bits per heavy atom. The number of amides is 2. The molecular formula is C14H20N6O7S. The van der Waals surface area contributed by atoms with Gasteiger partial charge < -0.3 is 19.9 Å². The monoisotopic (exact) mass is 416 g/mol. The lowest BCUT2D eigenvalue weighted by molar-refractivity contribution is -0.138. The number of carbonyl (C=O) groups is 2. The Bertz CT molecular complexity index is 881. The lowest BCUT2D eigenvalue weighted by Crippen LogP contribution is -2.51. The summed E-state index contributed by atoms with van der Waals surface area (Å²) < 4.78 is 41.7. The molecule has 2 rings (SSSR count). The first-order chi connectivity index (χ1) is 13.1. The van der Waals surface area contributed by atoms with Crippen LogP contribution in [0.25, 0.3) is 0 Å². The molecular weight excluding hydrogens is 396 g/mol. The number of nitrogens with two attached hydrogens (primary N) is 1. The van der Waals surface area contributed by atoms with E-state index < -0.39 is 28.2 Å². The minimum atomic E-state index is -4.64. The van der Waals surface area contributed by atoms with Gasteiger partial charge in [-0.3, -0.25) is 0 Å². The molecule has 0 unspecified atom stereocenters. The zero-order valence-corrected chi connectivity index (χ0v) is 16.5. The molecule has 1 aliphatic rings. The van der Waals surface area contributed by atoms with Crippen molar-refractivity contribution in [3.63, 3.8) is 0 Å². The topological polar surface area (TPSA) is 157 Å². The molecule has 1 aliphatic heterocycles. The number of urea groups is 1. The van der Waals surface area contributed by atoms with Crippen molar-refractivity contribution in [2.24, 2.45) is 5.73 Å². The number of esters is 1. The maximum absolute atomic E-state index is 13.1. The summed E-state index contributed by atoms with van der Waals surface area (Å²) in [4.78, 5) is 31.6. The molecule has 0 aromatic carbocycles. The quantitative estimate of drug-likeness (QED) is 0.560. The molecule has 13 nitrogen and oxygen atoms in total. The summed E-state index contributed by atoms with van der Waals surface area (Å²) in [5.74, 6) is -1.38. The number of carbonyl (C=O) groups excluding carboxylic acids is 2. The van der Waals surface area contributed by atoms with Crippen LogP contribution in [0.4, 0.5) is 10.7 Å². The fourth-order valence-electron chi connectivity index (χ4n) is 2.26. The van der Waals surface area contributed by atoms with Crippen LogP contribution >= 0.6 is 0 Å². The van der Waals surface area contributed by atoms with Gasteiger partial charge >= 0.3 is 22.2 Å². The average molecular weight is 416 g/mol. The third-order valence-electron chi connectivity index (χ3n) is 3.47. The van der Waals surface area contributed by atoms with Gasteiger partial charge in [0.2, 0.25) is 11.8 Å². The molecule has 14 heteroatoms. The molecule has 0 fully saturated rings. The molecule has 1 aromatic heterocycles. The third kappa shape index (κ3) is 4.07. The van der Waals surface area contributed by atoms with Gasteiger partial charge in [0.05, 0.1) is 39.0 Å². The van der Waals surface area contributed by atoms with E-state index in [1.165, 1.54) is 32.3 Å². The number of hydrogen-bond donors (Lipinski definition) is 1. The SMILES string of the molecule is CCOC(=O)C1=CN(S(=O)(=O)N(C(N)=O)c2nc(OC)cc(OC)n2)N(C)C1. The number of primary amides is 1. The van der Waals surface area contributed by atoms with E-state index in [0.29, 0.717) is 4.41 Å². The molecule has 1 aromatic rings. The summed E-state index contributed by atoms with van der Waals surface area (Å²) in [5, 5.41) is 1.18. The third-order valence-corrected chi connectivity index (χ3v) is 5.14. The van der Waals surface area contributed by atoms with Gasteiger partial charge in [-0.05, 0) is 6.92 Å². The molecule has 0 bridgehead atoms. The first kappa shape index (κ1) is 21.2. The minimum absolute atomic E-state index is 0.0548. The standard InChI is InChI=1S/C14H20N6O7S/c1-5-27-12(21)9-7-18(2)19(8-9)28(23,24)20(13(15)22)14-16-10(25-3)6-11(17-14)26-4/h6,8H,5,7H2,1-4H3,(H2,15,22). The van der Waals surface area contributed by atoms with Crippen LogP contribution in [0.3, 0.4) is 0 Å². The van der Waals surface area contributed by atoms with Crippen molar-refractivity contribution in [1.82, 2.24) is 19.4 Å². The maximum atomic E-state index is 13.1. The van der Waals surface area contributed by atoms with Crippen molar-refractivity contribution in [2.45, 2.75) is 6.92 Å².